The Bertz CT molecular complexity index is 523. The molecule has 0 heterocycles. The van der Waals surface area contributed by atoms with Crippen molar-refractivity contribution in [3.05, 3.63) is 37.9 Å². The zero-order valence-corrected chi connectivity index (χ0v) is 8.95. The number of halogens is 2. The molecule has 6 nitrogen and oxygen atoms in total. The number of nitrogens with zero attached hydrogens (tertiary/aromatic N) is 2. The van der Waals surface area contributed by atoms with Gasteiger partial charge >= 0.3 is 0 Å². The van der Waals surface area contributed by atoms with E-state index < -0.39 is 21.5 Å². The molecule has 1 aromatic carbocycles. The number of amides is 1. The molecule has 0 aliphatic heterocycles. The van der Waals surface area contributed by atoms with Crippen molar-refractivity contribution < 1.29 is 14.5 Å². The summed E-state index contributed by atoms with van der Waals surface area (Å²) in [5, 5.41) is 9.94. The molecule has 0 bridgehead atoms. The predicted octanol–water partition coefficient (Wildman–Crippen LogP) is 2.38. The predicted molar refractivity (Wildman–Crippen MR) is 55.6 cm³/mol. The molecule has 0 aromatic heterocycles. The van der Waals surface area contributed by atoms with E-state index in [2.05, 4.69) is 4.99 Å². The quantitative estimate of drug-likeness (QED) is 0.353. The maximum absolute atomic E-state index is 11.2. The topological polar surface area (TPSA) is 89.6 Å². The highest BCUT2D eigenvalue weighted by molar-refractivity contribution is 6.41. The van der Waals surface area contributed by atoms with Gasteiger partial charge in [-0.05, 0) is 6.07 Å². The summed E-state index contributed by atoms with van der Waals surface area (Å²) in [6, 6.07) is 2.17. The molecule has 1 amide bonds. The van der Waals surface area contributed by atoms with Crippen LogP contribution in [-0.2, 0) is 4.79 Å². The van der Waals surface area contributed by atoms with E-state index in [1.165, 1.54) is 0 Å². The minimum Gasteiger partial charge on any atom is -0.266 e. The Balaban J connectivity index is 3.49. The number of rotatable bonds is 2. The van der Waals surface area contributed by atoms with E-state index in [0.29, 0.717) is 0 Å². The second-order valence-electron chi connectivity index (χ2n) is 2.52. The normalized spacial score (nSPS) is 9.38. The summed E-state index contributed by atoms with van der Waals surface area (Å²) in [5.74, 6) is -1.08. The van der Waals surface area contributed by atoms with Crippen LogP contribution in [0.3, 0.4) is 0 Å². The van der Waals surface area contributed by atoms with Gasteiger partial charge in [-0.3, -0.25) is 14.9 Å². The molecular formula is C8H2Cl2N2O4. The largest absolute Gasteiger partial charge is 0.291 e. The molecule has 0 N–H and O–H groups in total. The van der Waals surface area contributed by atoms with Crippen LogP contribution < -0.4 is 0 Å². The standard InChI is InChI=1S/C8H2Cl2N2O4/c9-4-1-2-5(12(15)16)7(10)6(4)8(14)11-3-13/h1-2H. The summed E-state index contributed by atoms with van der Waals surface area (Å²) in [5.41, 5.74) is -0.878. The second kappa shape index (κ2) is 4.85. The van der Waals surface area contributed by atoms with Crippen molar-refractivity contribution in [3.8, 4) is 0 Å². The van der Waals surface area contributed by atoms with Gasteiger partial charge in [0.05, 0.1) is 15.5 Å². The van der Waals surface area contributed by atoms with Crippen molar-refractivity contribution in [3.63, 3.8) is 0 Å². The van der Waals surface area contributed by atoms with Crippen LogP contribution in [0.4, 0.5) is 5.69 Å². The lowest BCUT2D eigenvalue weighted by Gasteiger charge is -2.02. The van der Waals surface area contributed by atoms with Gasteiger partial charge in [0, 0.05) is 6.07 Å². The first-order valence-corrected chi connectivity index (χ1v) is 4.49. The maximum Gasteiger partial charge on any atom is 0.291 e. The van der Waals surface area contributed by atoms with Gasteiger partial charge in [-0.2, -0.15) is 0 Å². The molecule has 1 aromatic rings. The van der Waals surface area contributed by atoms with Crippen molar-refractivity contribution in [1.29, 1.82) is 0 Å². The number of nitro groups is 1. The molecule has 0 saturated heterocycles. The van der Waals surface area contributed by atoms with Crippen LogP contribution in [0, 0.1) is 10.1 Å². The number of aliphatic imine (C=N–C) groups is 1. The van der Waals surface area contributed by atoms with Crippen molar-refractivity contribution in [2.45, 2.75) is 0 Å². The van der Waals surface area contributed by atoms with Crippen LogP contribution in [-0.4, -0.2) is 16.9 Å². The molecule has 0 unspecified atom stereocenters. The fourth-order valence-electron chi connectivity index (χ4n) is 0.976. The lowest BCUT2D eigenvalue weighted by atomic mass is 10.2. The van der Waals surface area contributed by atoms with Crippen LogP contribution in [0.15, 0.2) is 17.1 Å². The van der Waals surface area contributed by atoms with E-state index in [-0.39, 0.29) is 10.6 Å². The molecule has 0 fully saturated rings. The van der Waals surface area contributed by atoms with E-state index >= 15 is 0 Å². The van der Waals surface area contributed by atoms with Crippen LogP contribution in [0.25, 0.3) is 0 Å². The summed E-state index contributed by atoms with van der Waals surface area (Å²) in [7, 11) is 0. The first-order valence-electron chi connectivity index (χ1n) is 3.73. The number of hydrogen-bond donors (Lipinski definition) is 0. The van der Waals surface area contributed by atoms with Crippen LogP contribution in [0.5, 0.6) is 0 Å². The smallest absolute Gasteiger partial charge is 0.266 e. The zero-order valence-electron chi connectivity index (χ0n) is 7.44. The monoisotopic (exact) mass is 260 g/mol. The minimum atomic E-state index is -1.08. The van der Waals surface area contributed by atoms with Crippen molar-refractivity contribution in [2.24, 2.45) is 4.99 Å². The number of nitro benzene ring substituents is 1. The zero-order chi connectivity index (χ0) is 12.3. The molecule has 0 atom stereocenters. The molecule has 8 heteroatoms. The Morgan fingerprint density at radius 1 is 1.44 bits per heavy atom. The van der Waals surface area contributed by atoms with E-state index in [0.717, 1.165) is 18.2 Å². The van der Waals surface area contributed by atoms with Crippen LogP contribution >= 0.6 is 23.2 Å². The summed E-state index contributed by atoms with van der Waals surface area (Å²) < 4.78 is 0. The number of carbonyl (C=O) groups is 1. The Hall–Kier alpha value is -1.75. The van der Waals surface area contributed by atoms with Gasteiger partial charge in [0.1, 0.15) is 5.02 Å². The average Bonchev–Trinajstić information content (AvgIpc) is 2.17. The fourth-order valence-corrected chi connectivity index (χ4v) is 1.58. The third-order valence-corrected chi connectivity index (χ3v) is 2.33. The third kappa shape index (κ3) is 2.25. The van der Waals surface area contributed by atoms with Gasteiger partial charge in [-0.15, -0.1) is 4.99 Å². The van der Waals surface area contributed by atoms with Gasteiger partial charge in [0.2, 0.25) is 6.08 Å². The molecule has 16 heavy (non-hydrogen) atoms. The molecule has 0 aliphatic carbocycles. The van der Waals surface area contributed by atoms with Crippen molar-refractivity contribution >= 4 is 40.9 Å². The molecule has 0 saturated carbocycles. The molecule has 82 valence electrons. The highest BCUT2D eigenvalue weighted by Crippen LogP contribution is 2.33. The fraction of sp³-hybridized carbons (Fsp3) is 0. The van der Waals surface area contributed by atoms with Crippen molar-refractivity contribution in [1.82, 2.24) is 0 Å². The molecule has 0 radical (unpaired) electrons. The van der Waals surface area contributed by atoms with E-state index in [1.54, 1.807) is 0 Å². The Morgan fingerprint density at radius 3 is 2.56 bits per heavy atom. The molecular weight excluding hydrogens is 259 g/mol. The molecule has 0 aliphatic rings. The van der Waals surface area contributed by atoms with Crippen LogP contribution in [0.1, 0.15) is 10.4 Å². The molecule has 0 spiro atoms. The maximum atomic E-state index is 11.2. The number of hydrogen-bond acceptors (Lipinski definition) is 4. The first kappa shape index (κ1) is 12.3. The molecule has 1 rings (SSSR count). The first-order chi connectivity index (χ1) is 7.49. The highest BCUT2D eigenvalue weighted by atomic mass is 35.5. The number of isocyanates is 1. The lowest BCUT2D eigenvalue weighted by Crippen LogP contribution is -2.00. The van der Waals surface area contributed by atoms with Gasteiger partial charge < -0.3 is 0 Å². The number of benzene rings is 1. The van der Waals surface area contributed by atoms with Gasteiger partial charge in [-0.25, -0.2) is 4.79 Å². The Labute approximate surface area is 98.6 Å². The lowest BCUT2D eigenvalue weighted by molar-refractivity contribution is -0.384. The SMILES string of the molecule is O=C=NC(=O)c1c(Cl)ccc([N+](=O)[O-])c1Cl. The highest BCUT2D eigenvalue weighted by Gasteiger charge is 2.23. The summed E-state index contributed by atoms with van der Waals surface area (Å²) >= 11 is 11.2. The van der Waals surface area contributed by atoms with E-state index in [1.807, 2.05) is 0 Å². The average molecular weight is 261 g/mol. The van der Waals surface area contributed by atoms with Gasteiger partial charge in [0.25, 0.3) is 11.6 Å². The Kier molecular flexibility index (Phi) is 3.73. The summed E-state index contributed by atoms with van der Waals surface area (Å²) in [6.07, 6.45) is 1.01. The number of carbonyl (C=O) groups excluding carboxylic acids is 2. The second-order valence-corrected chi connectivity index (χ2v) is 3.31. The van der Waals surface area contributed by atoms with Crippen molar-refractivity contribution in [2.75, 3.05) is 0 Å². The van der Waals surface area contributed by atoms with Gasteiger partial charge in [0.15, 0.2) is 0 Å². The van der Waals surface area contributed by atoms with Crippen LogP contribution in [0.2, 0.25) is 10.0 Å². The third-order valence-electron chi connectivity index (χ3n) is 1.63. The minimum absolute atomic E-state index is 0.125. The van der Waals surface area contributed by atoms with E-state index in [9.17, 15) is 19.7 Å². The van der Waals surface area contributed by atoms with E-state index in [4.69, 9.17) is 23.2 Å². The summed E-state index contributed by atoms with van der Waals surface area (Å²) in [6.45, 7) is 0. The van der Waals surface area contributed by atoms with Gasteiger partial charge in [-0.1, -0.05) is 23.2 Å². The Morgan fingerprint density at radius 2 is 2.06 bits per heavy atom. The summed E-state index contributed by atoms with van der Waals surface area (Å²) in [4.78, 5) is 33.7.